The summed E-state index contributed by atoms with van der Waals surface area (Å²) in [6.07, 6.45) is 5.63. The van der Waals surface area contributed by atoms with Gasteiger partial charge in [-0.25, -0.2) is 4.79 Å². The van der Waals surface area contributed by atoms with E-state index in [0.717, 1.165) is 18.9 Å². The minimum atomic E-state index is -1.12. The van der Waals surface area contributed by atoms with Crippen LogP contribution >= 0.6 is 0 Å². The van der Waals surface area contributed by atoms with Gasteiger partial charge in [0.2, 0.25) is 0 Å². The summed E-state index contributed by atoms with van der Waals surface area (Å²) in [6, 6.07) is 1.07. The van der Waals surface area contributed by atoms with Crippen molar-refractivity contribution in [3.8, 4) is 0 Å². The summed E-state index contributed by atoms with van der Waals surface area (Å²) in [5.74, 6) is -0.376. The van der Waals surface area contributed by atoms with Gasteiger partial charge in [-0.05, 0) is 39.7 Å². The third-order valence-electron chi connectivity index (χ3n) is 3.55. The number of hydrogen-bond acceptors (Lipinski definition) is 4. The topological polar surface area (TPSA) is 44.8 Å². The van der Waals surface area contributed by atoms with Crippen molar-refractivity contribution < 1.29 is 19.0 Å². The maximum Gasteiger partial charge on any atom is 0.337 e. The highest BCUT2D eigenvalue weighted by molar-refractivity contribution is 6.76. The molecule has 0 aromatic heterocycles. The van der Waals surface area contributed by atoms with E-state index in [1.165, 1.54) is 18.3 Å². The first-order valence-corrected chi connectivity index (χ1v) is 12.4. The Bertz CT molecular complexity index is 418. The molecule has 0 radical (unpaired) electrons. The number of methoxy groups -OCH3 is 1. The molecule has 5 heteroatoms. The van der Waals surface area contributed by atoms with Crippen LogP contribution in [0.2, 0.25) is 25.7 Å². The molecule has 0 saturated carbocycles. The number of esters is 1. The third kappa shape index (κ3) is 13.5. The summed E-state index contributed by atoms with van der Waals surface area (Å²) in [5.41, 5.74) is 2.59. The molecule has 0 aliphatic heterocycles. The number of hydrogen-bond donors (Lipinski definition) is 0. The normalized spacial score (nSPS) is 13.5. The van der Waals surface area contributed by atoms with Crippen LogP contribution in [0.15, 0.2) is 23.3 Å². The zero-order valence-electron chi connectivity index (χ0n) is 16.6. The van der Waals surface area contributed by atoms with Crippen molar-refractivity contribution in [2.75, 3.05) is 26.9 Å². The Kier molecular flexibility index (Phi) is 12.0. The zero-order chi connectivity index (χ0) is 18.6. The molecular weight excluding hydrogens is 320 g/mol. The van der Waals surface area contributed by atoms with Gasteiger partial charge in [0.25, 0.3) is 0 Å². The maximum atomic E-state index is 11.8. The molecule has 0 saturated heterocycles. The average Bonchev–Trinajstić information content (AvgIpc) is 2.47. The average molecular weight is 357 g/mol. The van der Waals surface area contributed by atoms with E-state index in [1.54, 1.807) is 0 Å². The summed E-state index contributed by atoms with van der Waals surface area (Å²) >= 11 is 0. The van der Waals surface area contributed by atoms with Gasteiger partial charge in [-0.3, -0.25) is 0 Å². The molecule has 0 aliphatic rings. The van der Waals surface area contributed by atoms with E-state index in [9.17, 15) is 4.79 Å². The fraction of sp³-hybridized carbons (Fsp3) is 0.737. The summed E-state index contributed by atoms with van der Waals surface area (Å²) < 4.78 is 16.1. The first kappa shape index (κ1) is 23.1. The van der Waals surface area contributed by atoms with Gasteiger partial charge in [-0.1, -0.05) is 42.9 Å². The number of ether oxygens (including phenoxy) is 3. The van der Waals surface area contributed by atoms with Crippen LogP contribution in [-0.2, 0) is 19.0 Å². The van der Waals surface area contributed by atoms with E-state index in [-0.39, 0.29) is 12.6 Å². The molecular formula is C19H36O4Si. The van der Waals surface area contributed by atoms with E-state index in [0.29, 0.717) is 13.2 Å². The molecule has 0 bridgehead atoms. The van der Waals surface area contributed by atoms with E-state index < -0.39 is 14.2 Å². The Hall–Kier alpha value is -0.913. The summed E-state index contributed by atoms with van der Waals surface area (Å²) in [4.78, 5) is 11.8. The fourth-order valence-electron chi connectivity index (χ4n) is 1.88. The van der Waals surface area contributed by atoms with E-state index >= 15 is 0 Å². The highest BCUT2D eigenvalue weighted by Crippen LogP contribution is 2.09. The van der Waals surface area contributed by atoms with E-state index in [1.807, 2.05) is 6.08 Å². The lowest BCUT2D eigenvalue weighted by molar-refractivity contribution is -0.157. The zero-order valence-corrected chi connectivity index (χ0v) is 17.6. The van der Waals surface area contributed by atoms with Crippen LogP contribution in [0, 0.1) is 0 Å². The Balaban J connectivity index is 4.24. The SMILES string of the molecule is COC(=O)C(COCC[Si](C)(C)C)OC/C=C(\C)CCC=C(C)C. The van der Waals surface area contributed by atoms with Crippen LogP contribution in [0.1, 0.15) is 33.6 Å². The molecule has 1 atom stereocenters. The highest BCUT2D eigenvalue weighted by Gasteiger charge is 2.20. The van der Waals surface area contributed by atoms with Crippen molar-refractivity contribution in [2.45, 2.75) is 65.4 Å². The van der Waals surface area contributed by atoms with Crippen LogP contribution in [-0.4, -0.2) is 47.1 Å². The molecule has 0 amide bonds. The van der Waals surface area contributed by atoms with Gasteiger partial charge in [0.15, 0.2) is 6.10 Å². The largest absolute Gasteiger partial charge is 0.467 e. The molecule has 0 rings (SSSR count). The summed E-state index contributed by atoms with van der Waals surface area (Å²) in [6.45, 7) is 14.5. The first-order valence-electron chi connectivity index (χ1n) is 8.72. The Morgan fingerprint density at radius 2 is 1.79 bits per heavy atom. The van der Waals surface area contributed by atoms with Crippen molar-refractivity contribution in [1.29, 1.82) is 0 Å². The van der Waals surface area contributed by atoms with Gasteiger partial charge < -0.3 is 14.2 Å². The van der Waals surface area contributed by atoms with Gasteiger partial charge >= 0.3 is 5.97 Å². The minimum Gasteiger partial charge on any atom is -0.467 e. The molecule has 0 aromatic rings. The Morgan fingerprint density at radius 3 is 2.33 bits per heavy atom. The number of carbonyl (C=O) groups excluding carboxylic acids is 1. The minimum absolute atomic E-state index is 0.252. The monoisotopic (exact) mass is 356 g/mol. The van der Waals surface area contributed by atoms with Crippen LogP contribution in [0.25, 0.3) is 0 Å². The number of carbonyl (C=O) groups is 1. The Morgan fingerprint density at radius 1 is 1.12 bits per heavy atom. The predicted molar refractivity (Wildman–Crippen MR) is 103 cm³/mol. The van der Waals surface area contributed by atoms with Crippen LogP contribution in [0.4, 0.5) is 0 Å². The summed E-state index contributed by atoms with van der Waals surface area (Å²) in [5, 5.41) is 0. The highest BCUT2D eigenvalue weighted by atomic mass is 28.3. The predicted octanol–water partition coefficient (Wildman–Crippen LogP) is 4.59. The van der Waals surface area contributed by atoms with E-state index in [2.05, 4.69) is 46.5 Å². The molecule has 4 nitrogen and oxygen atoms in total. The molecule has 0 heterocycles. The third-order valence-corrected chi connectivity index (χ3v) is 5.25. The van der Waals surface area contributed by atoms with Crippen molar-refractivity contribution in [3.05, 3.63) is 23.3 Å². The van der Waals surface area contributed by atoms with Gasteiger partial charge in [0, 0.05) is 14.7 Å². The molecule has 0 spiro atoms. The number of rotatable bonds is 12. The number of allylic oxidation sites excluding steroid dienone is 3. The first-order chi connectivity index (χ1) is 11.2. The van der Waals surface area contributed by atoms with Gasteiger partial charge in [-0.15, -0.1) is 0 Å². The second-order valence-corrected chi connectivity index (χ2v) is 13.2. The van der Waals surface area contributed by atoms with Crippen molar-refractivity contribution >= 4 is 14.0 Å². The van der Waals surface area contributed by atoms with Gasteiger partial charge in [-0.2, -0.15) is 0 Å². The molecule has 140 valence electrons. The lowest BCUT2D eigenvalue weighted by atomic mass is 10.1. The van der Waals surface area contributed by atoms with Crippen LogP contribution in [0.5, 0.6) is 0 Å². The van der Waals surface area contributed by atoms with Crippen molar-refractivity contribution in [1.82, 2.24) is 0 Å². The fourth-order valence-corrected chi connectivity index (χ4v) is 2.64. The second kappa shape index (κ2) is 12.4. The van der Waals surface area contributed by atoms with Gasteiger partial charge in [0.05, 0.1) is 20.3 Å². The molecule has 24 heavy (non-hydrogen) atoms. The van der Waals surface area contributed by atoms with Crippen LogP contribution < -0.4 is 0 Å². The van der Waals surface area contributed by atoms with Crippen molar-refractivity contribution in [3.63, 3.8) is 0 Å². The lowest BCUT2D eigenvalue weighted by Crippen LogP contribution is -2.32. The quantitative estimate of drug-likeness (QED) is 0.222. The molecule has 0 N–H and O–H groups in total. The van der Waals surface area contributed by atoms with Crippen molar-refractivity contribution in [2.24, 2.45) is 0 Å². The molecule has 0 aromatic carbocycles. The standard InChI is InChI=1S/C19H36O4Si/c1-16(2)9-8-10-17(3)11-12-23-18(19(20)21-4)15-22-13-14-24(5,6)7/h9,11,18H,8,10,12-15H2,1-7H3/b17-11+. The van der Waals surface area contributed by atoms with E-state index in [4.69, 9.17) is 14.2 Å². The molecule has 0 fully saturated rings. The second-order valence-electron chi connectivity index (χ2n) is 7.60. The molecule has 1 unspecified atom stereocenters. The smallest absolute Gasteiger partial charge is 0.337 e. The van der Waals surface area contributed by atoms with Crippen LogP contribution in [0.3, 0.4) is 0 Å². The lowest BCUT2D eigenvalue weighted by Gasteiger charge is -2.18. The Labute approximate surface area is 149 Å². The van der Waals surface area contributed by atoms with Gasteiger partial charge in [0.1, 0.15) is 0 Å². The maximum absolute atomic E-state index is 11.8. The molecule has 0 aliphatic carbocycles. The summed E-state index contributed by atoms with van der Waals surface area (Å²) in [7, 11) is 0.254.